The minimum atomic E-state index is 0.157. The fraction of sp³-hybridized carbons (Fsp3) is 0.895. The lowest BCUT2D eigenvalue weighted by Gasteiger charge is -2.60. The Morgan fingerprint density at radius 3 is 2.41 bits per heavy atom. The maximum atomic E-state index is 6.61. The Morgan fingerprint density at radius 1 is 0.909 bits per heavy atom. The highest BCUT2D eigenvalue weighted by Gasteiger charge is 2.66. The molecule has 3 saturated carbocycles. The summed E-state index contributed by atoms with van der Waals surface area (Å²) in [6.07, 6.45) is 13.9. The Hall–Kier alpha value is -0.380. The van der Waals surface area contributed by atoms with Crippen LogP contribution < -0.4 is 0 Å². The van der Waals surface area contributed by atoms with E-state index in [1.807, 2.05) is 0 Å². The number of allylic oxidation sites excluding steroid dienone is 1. The van der Waals surface area contributed by atoms with Crippen molar-refractivity contribution in [2.45, 2.75) is 81.1 Å². The van der Waals surface area contributed by atoms with Crippen LogP contribution in [0.5, 0.6) is 0 Å². The number of fused-ring (bicyclic) bond motifs is 4. The van der Waals surface area contributed by atoms with Gasteiger partial charge in [0.1, 0.15) is 0 Å². The molecule has 4 saturated heterocycles. The highest BCUT2D eigenvalue weighted by Crippen LogP contribution is 2.62. The third-order valence-electron chi connectivity index (χ3n) is 7.81. The molecule has 4 aliphatic heterocycles. The summed E-state index contributed by atoms with van der Waals surface area (Å²) in [5.74, 6) is 2.83. The summed E-state index contributed by atoms with van der Waals surface area (Å²) in [6.45, 7) is 4.02. The Morgan fingerprint density at radius 2 is 1.77 bits per heavy atom. The summed E-state index contributed by atoms with van der Waals surface area (Å²) in [6, 6.07) is 0. The van der Waals surface area contributed by atoms with Gasteiger partial charge in [0, 0.05) is 12.3 Å². The predicted octanol–water partition coefficient (Wildman–Crippen LogP) is 3.08. The number of epoxide rings is 2. The van der Waals surface area contributed by atoms with E-state index in [2.05, 4.69) is 12.7 Å². The van der Waals surface area contributed by atoms with E-state index in [1.54, 1.807) is 0 Å². The Kier molecular flexibility index (Phi) is 2.46. The Bertz CT molecular complexity index is 505. The molecule has 0 radical (unpaired) electrons. The summed E-state index contributed by atoms with van der Waals surface area (Å²) in [5, 5.41) is 0. The first-order valence-corrected chi connectivity index (χ1v) is 9.39. The predicted molar refractivity (Wildman–Crippen MR) is 81.4 cm³/mol. The molecule has 0 aromatic carbocycles. The molecule has 4 heterocycles. The molecule has 0 spiro atoms. The zero-order valence-electron chi connectivity index (χ0n) is 13.2. The van der Waals surface area contributed by atoms with Crippen LogP contribution in [0.15, 0.2) is 12.7 Å². The average molecular weight is 302 g/mol. The van der Waals surface area contributed by atoms with Crippen LogP contribution in [-0.2, 0) is 14.2 Å². The zero-order chi connectivity index (χ0) is 14.5. The number of ether oxygens (including phenoxy) is 3. The molecule has 3 nitrogen and oxygen atoms in total. The smallest absolute Gasteiger partial charge is 0.0897 e. The second kappa shape index (κ2) is 4.17. The van der Waals surface area contributed by atoms with Crippen molar-refractivity contribution in [2.75, 3.05) is 0 Å². The van der Waals surface area contributed by atoms with Crippen LogP contribution >= 0.6 is 0 Å². The van der Waals surface area contributed by atoms with E-state index in [-0.39, 0.29) is 5.60 Å². The van der Waals surface area contributed by atoms with Crippen LogP contribution in [0.25, 0.3) is 0 Å². The van der Waals surface area contributed by atoms with E-state index in [0.29, 0.717) is 42.4 Å². The Labute approximate surface area is 132 Å². The normalized spacial score (nSPS) is 64.3. The SMILES string of the molecule is C=CC1CC2OC2C(C23CCC(C4CCC5OC54)C(C2)O3)C1. The van der Waals surface area contributed by atoms with Crippen LogP contribution in [0, 0.1) is 23.7 Å². The van der Waals surface area contributed by atoms with Crippen molar-refractivity contribution >= 4 is 0 Å². The second-order valence-electron chi connectivity index (χ2n) is 8.72. The highest BCUT2D eigenvalue weighted by atomic mass is 16.6. The molecule has 22 heavy (non-hydrogen) atoms. The lowest BCUT2D eigenvalue weighted by molar-refractivity contribution is -0.293. The van der Waals surface area contributed by atoms with Crippen molar-refractivity contribution < 1.29 is 14.2 Å². The highest BCUT2D eigenvalue weighted by molar-refractivity contribution is 5.15. The van der Waals surface area contributed by atoms with Crippen molar-refractivity contribution in [1.29, 1.82) is 0 Å². The molecule has 10 unspecified atom stereocenters. The van der Waals surface area contributed by atoms with Crippen LogP contribution in [0.4, 0.5) is 0 Å². The maximum Gasteiger partial charge on any atom is 0.0897 e. The molecular weight excluding hydrogens is 276 g/mol. The quantitative estimate of drug-likeness (QED) is 0.593. The van der Waals surface area contributed by atoms with Crippen molar-refractivity contribution in [3.63, 3.8) is 0 Å². The molecule has 7 rings (SSSR count). The van der Waals surface area contributed by atoms with Crippen molar-refractivity contribution in [1.82, 2.24) is 0 Å². The van der Waals surface area contributed by atoms with Gasteiger partial charge in [-0.05, 0) is 56.3 Å². The second-order valence-corrected chi connectivity index (χ2v) is 8.72. The number of hydrogen-bond acceptors (Lipinski definition) is 3. The standard InChI is InChI=1S/C19H26O3/c1-2-10-7-13(18-15(8-10)21-18)19-6-5-11(16(9-19)22-19)12-3-4-14-17(12)20-14/h2,10-18H,1,3-9H2. The molecule has 0 aromatic heterocycles. The molecule has 3 aliphatic carbocycles. The summed E-state index contributed by atoms with van der Waals surface area (Å²) in [5.41, 5.74) is 0.157. The van der Waals surface area contributed by atoms with Gasteiger partial charge >= 0.3 is 0 Å². The minimum Gasteiger partial charge on any atom is -0.371 e. The molecule has 7 fully saturated rings. The van der Waals surface area contributed by atoms with Crippen LogP contribution in [0.3, 0.4) is 0 Å². The molecule has 3 heteroatoms. The molecule has 120 valence electrons. The van der Waals surface area contributed by atoms with E-state index < -0.39 is 0 Å². The van der Waals surface area contributed by atoms with Crippen LogP contribution in [0.2, 0.25) is 0 Å². The van der Waals surface area contributed by atoms with E-state index in [0.717, 1.165) is 11.8 Å². The topological polar surface area (TPSA) is 34.3 Å². The van der Waals surface area contributed by atoms with Gasteiger partial charge in [-0.15, -0.1) is 6.58 Å². The van der Waals surface area contributed by atoms with E-state index >= 15 is 0 Å². The van der Waals surface area contributed by atoms with Gasteiger partial charge in [-0.1, -0.05) is 6.08 Å². The number of hydrogen-bond donors (Lipinski definition) is 0. The van der Waals surface area contributed by atoms with Gasteiger partial charge in [0.2, 0.25) is 0 Å². The van der Waals surface area contributed by atoms with Gasteiger partial charge in [0.25, 0.3) is 0 Å². The first-order valence-electron chi connectivity index (χ1n) is 9.39. The maximum absolute atomic E-state index is 6.61. The molecule has 0 amide bonds. The summed E-state index contributed by atoms with van der Waals surface area (Å²) in [7, 11) is 0. The lowest BCUT2D eigenvalue weighted by Crippen LogP contribution is -2.64. The van der Waals surface area contributed by atoms with E-state index in [9.17, 15) is 0 Å². The third kappa shape index (κ3) is 1.63. The molecular formula is C19H26O3. The van der Waals surface area contributed by atoms with E-state index in [4.69, 9.17) is 14.2 Å². The first-order chi connectivity index (χ1) is 10.8. The lowest BCUT2D eigenvalue weighted by atomic mass is 9.59. The monoisotopic (exact) mass is 302 g/mol. The fourth-order valence-electron chi connectivity index (χ4n) is 6.55. The number of rotatable bonds is 3. The average Bonchev–Trinajstić information content (AvgIpc) is 3.42. The minimum absolute atomic E-state index is 0.157. The first kappa shape index (κ1) is 13.0. The summed E-state index contributed by atoms with van der Waals surface area (Å²) >= 11 is 0. The van der Waals surface area contributed by atoms with Crippen molar-refractivity contribution in [2.24, 2.45) is 23.7 Å². The molecule has 7 aliphatic rings. The van der Waals surface area contributed by atoms with Gasteiger partial charge in [0.05, 0.1) is 36.1 Å². The van der Waals surface area contributed by atoms with Crippen molar-refractivity contribution in [3.05, 3.63) is 12.7 Å². The zero-order valence-corrected chi connectivity index (χ0v) is 13.2. The molecule has 0 N–H and O–H groups in total. The van der Waals surface area contributed by atoms with Gasteiger partial charge in [-0.3, -0.25) is 0 Å². The summed E-state index contributed by atoms with van der Waals surface area (Å²) < 4.78 is 18.4. The summed E-state index contributed by atoms with van der Waals surface area (Å²) in [4.78, 5) is 0. The molecule has 10 atom stereocenters. The third-order valence-corrected chi connectivity index (χ3v) is 7.81. The Balaban J connectivity index is 1.18. The van der Waals surface area contributed by atoms with Gasteiger partial charge in [0.15, 0.2) is 0 Å². The van der Waals surface area contributed by atoms with Gasteiger partial charge in [-0.25, -0.2) is 0 Å². The van der Waals surface area contributed by atoms with Crippen LogP contribution in [-0.4, -0.2) is 36.1 Å². The van der Waals surface area contributed by atoms with Gasteiger partial charge < -0.3 is 14.2 Å². The van der Waals surface area contributed by atoms with Crippen molar-refractivity contribution in [3.8, 4) is 0 Å². The van der Waals surface area contributed by atoms with Crippen LogP contribution in [0.1, 0.15) is 44.9 Å². The largest absolute Gasteiger partial charge is 0.371 e. The molecule has 0 aromatic rings. The van der Waals surface area contributed by atoms with E-state index in [1.165, 1.54) is 44.9 Å². The van der Waals surface area contributed by atoms with Gasteiger partial charge in [-0.2, -0.15) is 0 Å². The molecule has 2 bridgehead atoms. The fourth-order valence-corrected chi connectivity index (χ4v) is 6.55.